The van der Waals surface area contributed by atoms with Crippen LogP contribution in [0.2, 0.25) is 5.15 Å². The van der Waals surface area contributed by atoms with Crippen molar-refractivity contribution in [3.8, 4) is 0 Å². The lowest BCUT2D eigenvalue weighted by Gasteiger charge is -2.20. The molecule has 0 unspecified atom stereocenters. The molecule has 0 spiro atoms. The van der Waals surface area contributed by atoms with Crippen LogP contribution in [0.3, 0.4) is 0 Å². The summed E-state index contributed by atoms with van der Waals surface area (Å²) < 4.78 is 5.03. The van der Waals surface area contributed by atoms with Crippen LogP contribution in [0, 0.1) is 6.92 Å². The molecule has 0 atom stereocenters. The normalized spacial score (nSPS) is 11.0. The minimum atomic E-state index is -1.21. The number of carboxylic acids is 1. The van der Waals surface area contributed by atoms with Crippen LogP contribution in [0.4, 0.5) is 10.5 Å². The van der Waals surface area contributed by atoms with Gasteiger partial charge in [-0.05, 0) is 33.8 Å². The molecular weight excluding hydrogens is 272 g/mol. The lowest BCUT2D eigenvalue weighted by molar-refractivity contribution is 0.0636. The Kier molecular flexibility index (Phi) is 4.36. The molecule has 0 saturated carbocycles. The molecule has 7 heteroatoms. The van der Waals surface area contributed by atoms with Gasteiger partial charge in [-0.15, -0.1) is 0 Å². The third kappa shape index (κ3) is 4.40. The predicted molar refractivity (Wildman–Crippen MR) is 70.8 cm³/mol. The number of carbonyl (C=O) groups is 2. The molecule has 19 heavy (non-hydrogen) atoms. The maximum Gasteiger partial charge on any atom is 0.412 e. The van der Waals surface area contributed by atoms with E-state index in [-0.39, 0.29) is 16.4 Å². The van der Waals surface area contributed by atoms with Gasteiger partial charge in [-0.1, -0.05) is 11.6 Å². The summed E-state index contributed by atoms with van der Waals surface area (Å²) in [5, 5.41) is 11.3. The zero-order valence-electron chi connectivity index (χ0n) is 11.1. The van der Waals surface area contributed by atoms with Gasteiger partial charge in [0.2, 0.25) is 0 Å². The summed E-state index contributed by atoms with van der Waals surface area (Å²) in [4.78, 5) is 26.6. The SMILES string of the molecule is Cc1cc(C(=O)O)c(NC(=O)OC(C)(C)C)c(Cl)n1. The maximum absolute atomic E-state index is 11.6. The molecule has 1 aromatic heterocycles. The number of rotatable bonds is 2. The number of carbonyl (C=O) groups excluding carboxylic acids is 1. The van der Waals surface area contributed by atoms with Crippen LogP contribution < -0.4 is 5.32 Å². The number of aromatic nitrogens is 1. The summed E-state index contributed by atoms with van der Waals surface area (Å²) in [6.45, 7) is 6.69. The highest BCUT2D eigenvalue weighted by atomic mass is 35.5. The van der Waals surface area contributed by atoms with Gasteiger partial charge in [0.25, 0.3) is 0 Å². The van der Waals surface area contributed by atoms with Crippen molar-refractivity contribution in [2.75, 3.05) is 5.32 Å². The number of nitrogens with one attached hydrogen (secondary N) is 1. The molecule has 6 nitrogen and oxygen atoms in total. The summed E-state index contributed by atoms with van der Waals surface area (Å²) in [5.74, 6) is -1.21. The van der Waals surface area contributed by atoms with Crippen LogP contribution in [0.1, 0.15) is 36.8 Å². The van der Waals surface area contributed by atoms with Crippen molar-refractivity contribution in [3.63, 3.8) is 0 Å². The van der Waals surface area contributed by atoms with E-state index in [1.54, 1.807) is 27.7 Å². The molecule has 0 saturated heterocycles. The van der Waals surface area contributed by atoms with E-state index in [9.17, 15) is 9.59 Å². The quantitative estimate of drug-likeness (QED) is 0.816. The third-order valence-electron chi connectivity index (χ3n) is 1.96. The number of hydrogen-bond acceptors (Lipinski definition) is 4. The van der Waals surface area contributed by atoms with Gasteiger partial charge in [0.15, 0.2) is 5.15 Å². The van der Waals surface area contributed by atoms with E-state index in [0.717, 1.165) is 0 Å². The molecule has 0 aromatic carbocycles. The van der Waals surface area contributed by atoms with Gasteiger partial charge in [-0.3, -0.25) is 5.32 Å². The number of halogens is 1. The first kappa shape index (κ1) is 15.2. The van der Waals surface area contributed by atoms with Crippen LogP contribution in [0.25, 0.3) is 0 Å². The van der Waals surface area contributed by atoms with Crippen molar-refractivity contribution >= 4 is 29.4 Å². The number of ether oxygens (including phenoxy) is 1. The summed E-state index contributed by atoms with van der Waals surface area (Å²) in [7, 11) is 0. The minimum Gasteiger partial charge on any atom is -0.478 e. The Labute approximate surface area is 115 Å². The first-order valence-electron chi connectivity index (χ1n) is 5.50. The Balaban J connectivity index is 3.07. The highest BCUT2D eigenvalue weighted by molar-refractivity contribution is 6.33. The predicted octanol–water partition coefficient (Wildman–Crippen LogP) is 3.09. The summed E-state index contributed by atoms with van der Waals surface area (Å²) in [5.41, 5.74) is -0.465. The Morgan fingerprint density at radius 3 is 2.47 bits per heavy atom. The second-order valence-corrected chi connectivity index (χ2v) is 5.27. The molecule has 0 bridgehead atoms. The largest absolute Gasteiger partial charge is 0.478 e. The monoisotopic (exact) mass is 286 g/mol. The molecule has 0 aliphatic carbocycles. The lowest BCUT2D eigenvalue weighted by Crippen LogP contribution is -2.28. The number of aryl methyl sites for hydroxylation is 1. The average molecular weight is 287 g/mol. The molecule has 2 N–H and O–H groups in total. The fraction of sp³-hybridized carbons (Fsp3) is 0.417. The van der Waals surface area contributed by atoms with Crippen LogP contribution in [0.5, 0.6) is 0 Å². The van der Waals surface area contributed by atoms with Crippen molar-refractivity contribution in [1.29, 1.82) is 0 Å². The topological polar surface area (TPSA) is 88.5 Å². The van der Waals surface area contributed by atoms with Gasteiger partial charge < -0.3 is 9.84 Å². The van der Waals surface area contributed by atoms with Gasteiger partial charge in [0.05, 0.1) is 11.3 Å². The standard InChI is InChI=1S/C12H15ClN2O4/c1-6-5-7(10(16)17)8(9(13)14-6)15-11(18)19-12(2,3)4/h5H,1-4H3,(H,15,18)(H,16,17). The van der Waals surface area contributed by atoms with Crippen molar-refractivity contribution in [2.45, 2.75) is 33.3 Å². The van der Waals surface area contributed by atoms with E-state index in [0.29, 0.717) is 5.69 Å². The first-order chi connectivity index (χ1) is 8.60. The third-order valence-corrected chi connectivity index (χ3v) is 2.23. The van der Waals surface area contributed by atoms with Crippen molar-refractivity contribution in [2.24, 2.45) is 0 Å². The van der Waals surface area contributed by atoms with E-state index in [1.807, 2.05) is 0 Å². The maximum atomic E-state index is 11.6. The second-order valence-electron chi connectivity index (χ2n) is 4.91. The van der Waals surface area contributed by atoms with Crippen molar-refractivity contribution in [1.82, 2.24) is 4.98 Å². The Hall–Kier alpha value is -1.82. The smallest absolute Gasteiger partial charge is 0.412 e. The van der Waals surface area contributed by atoms with E-state index in [2.05, 4.69) is 10.3 Å². The number of aromatic carboxylic acids is 1. The average Bonchev–Trinajstić information content (AvgIpc) is 2.18. The first-order valence-corrected chi connectivity index (χ1v) is 5.88. The number of pyridine rings is 1. The van der Waals surface area contributed by atoms with Gasteiger partial charge in [-0.25, -0.2) is 14.6 Å². The van der Waals surface area contributed by atoms with E-state index in [1.165, 1.54) is 6.07 Å². The highest BCUT2D eigenvalue weighted by Gasteiger charge is 2.21. The van der Waals surface area contributed by atoms with Crippen LogP contribution in [-0.4, -0.2) is 27.8 Å². The van der Waals surface area contributed by atoms with Gasteiger partial charge in [0, 0.05) is 5.69 Å². The van der Waals surface area contributed by atoms with Crippen LogP contribution in [-0.2, 0) is 4.74 Å². The van der Waals surface area contributed by atoms with Gasteiger partial charge in [-0.2, -0.15) is 0 Å². The highest BCUT2D eigenvalue weighted by Crippen LogP contribution is 2.26. The number of carboxylic acid groups (broad SMARTS) is 1. The Bertz CT molecular complexity index is 523. The molecular formula is C12H15ClN2O4. The molecule has 0 aliphatic heterocycles. The van der Waals surface area contributed by atoms with Crippen LogP contribution >= 0.6 is 11.6 Å². The molecule has 0 fully saturated rings. The van der Waals surface area contributed by atoms with E-state index >= 15 is 0 Å². The number of nitrogens with zero attached hydrogens (tertiary/aromatic N) is 1. The fourth-order valence-electron chi connectivity index (χ4n) is 1.33. The summed E-state index contributed by atoms with van der Waals surface area (Å²) in [6, 6.07) is 1.32. The molecule has 1 heterocycles. The van der Waals surface area contributed by atoms with Crippen LogP contribution in [0.15, 0.2) is 6.07 Å². The fourth-order valence-corrected chi connectivity index (χ4v) is 1.61. The number of hydrogen-bond donors (Lipinski definition) is 2. The molecule has 104 valence electrons. The number of anilines is 1. The van der Waals surface area contributed by atoms with Gasteiger partial charge >= 0.3 is 12.1 Å². The van der Waals surface area contributed by atoms with E-state index < -0.39 is 17.7 Å². The van der Waals surface area contributed by atoms with Crippen molar-refractivity contribution in [3.05, 3.63) is 22.5 Å². The molecule has 1 amide bonds. The zero-order chi connectivity index (χ0) is 14.8. The molecule has 0 aliphatic rings. The molecule has 0 radical (unpaired) electrons. The Morgan fingerprint density at radius 2 is 2.00 bits per heavy atom. The minimum absolute atomic E-state index is 0.0750. The lowest BCUT2D eigenvalue weighted by atomic mass is 10.2. The Morgan fingerprint density at radius 1 is 1.42 bits per heavy atom. The second kappa shape index (κ2) is 5.44. The van der Waals surface area contributed by atoms with E-state index in [4.69, 9.17) is 21.4 Å². The summed E-state index contributed by atoms with van der Waals surface area (Å²) >= 11 is 5.85. The summed E-state index contributed by atoms with van der Waals surface area (Å²) in [6.07, 6.45) is -0.789. The molecule has 1 rings (SSSR count). The van der Waals surface area contributed by atoms with Gasteiger partial charge in [0.1, 0.15) is 5.60 Å². The van der Waals surface area contributed by atoms with Crippen molar-refractivity contribution < 1.29 is 19.4 Å². The zero-order valence-corrected chi connectivity index (χ0v) is 11.8. The number of amides is 1. The molecule has 1 aromatic rings.